The molecule has 2 aromatic carbocycles. The summed E-state index contributed by atoms with van der Waals surface area (Å²) in [5.74, 6) is 0.614. The van der Waals surface area contributed by atoms with Gasteiger partial charge < -0.3 is 0 Å². The first kappa shape index (κ1) is 13.2. The lowest BCUT2D eigenvalue weighted by atomic mass is 10.1. The van der Waals surface area contributed by atoms with E-state index < -0.39 is 0 Å². The fourth-order valence-corrected chi connectivity index (χ4v) is 2.32. The van der Waals surface area contributed by atoms with E-state index in [1.165, 1.54) is 0 Å². The van der Waals surface area contributed by atoms with E-state index in [9.17, 15) is 0 Å². The molecular weight excluding hydrogens is 293 g/mol. The Morgan fingerprint density at radius 1 is 0.950 bits per heavy atom. The smallest absolute Gasteiger partial charge is 0.203 e. The second-order valence-electron chi connectivity index (χ2n) is 4.41. The molecule has 0 atom stereocenters. The molecule has 1 heterocycles. The fourth-order valence-electron chi connectivity index (χ4n) is 1.98. The van der Waals surface area contributed by atoms with E-state index in [0.29, 0.717) is 16.1 Å². The summed E-state index contributed by atoms with van der Waals surface area (Å²) >= 11 is 12.1. The number of halogens is 2. The summed E-state index contributed by atoms with van der Waals surface area (Å²) in [4.78, 5) is 4.32. The monoisotopic (exact) mass is 303 g/mol. The molecule has 0 spiro atoms. The van der Waals surface area contributed by atoms with Crippen LogP contribution in [-0.4, -0.2) is 14.8 Å². The van der Waals surface area contributed by atoms with Gasteiger partial charge in [0.25, 0.3) is 0 Å². The van der Waals surface area contributed by atoms with E-state index in [1.54, 1.807) is 16.8 Å². The van der Waals surface area contributed by atoms with Crippen LogP contribution in [0.4, 0.5) is 0 Å². The molecule has 0 amide bonds. The van der Waals surface area contributed by atoms with Crippen molar-refractivity contribution in [1.29, 1.82) is 0 Å². The van der Waals surface area contributed by atoms with Crippen LogP contribution in [0, 0.1) is 6.92 Å². The van der Waals surface area contributed by atoms with E-state index in [4.69, 9.17) is 23.2 Å². The van der Waals surface area contributed by atoms with Gasteiger partial charge in [0.2, 0.25) is 5.28 Å². The van der Waals surface area contributed by atoms with Crippen molar-refractivity contribution < 1.29 is 0 Å². The Hall–Kier alpha value is -1.84. The molecule has 0 radical (unpaired) electrons. The highest BCUT2D eigenvalue weighted by atomic mass is 35.5. The van der Waals surface area contributed by atoms with Crippen molar-refractivity contribution in [3.05, 3.63) is 64.4 Å². The number of hydrogen-bond acceptors (Lipinski definition) is 2. The van der Waals surface area contributed by atoms with E-state index in [-0.39, 0.29) is 0 Å². The molecule has 0 fully saturated rings. The van der Waals surface area contributed by atoms with Gasteiger partial charge in [0, 0.05) is 10.6 Å². The molecule has 0 aliphatic carbocycles. The molecule has 1 aromatic heterocycles. The van der Waals surface area contributed by atoms with Crippen molar-refractivity contribution in [2.75, 3.05) is 0 Å². The third-order valence-corrected chi connectivity index (χ3v) is 3.52. The van der Waals surface area contributed by atoms with E-state index in [2.05, 4.69) is 10.1 Å². The molecule has 0 aliphatic heterocycles. The Labute approximate surface area is 126 Å². The number of aromatic nitrogens is 3. The molecule has 0 bridgehead atoms. The maximum atomic E-state index is 6.18. The standard InChI is InChI=1S/C15H11Cl2N3/c1-10-4-2-3-5-13(10)14-18-15(17)20(19-14)12-8-6-11(16)7-9-12/h2-9H,1H3. The SMILES string of the molecule is Cc1ccccc1-c1nc(Cl)n(-c2ccc(Cl)cc2)n1. The third-order valence-electron chi connectivity index (χ3n) is 3.02. The van der Waals surface area contributed by atoms with Gasteiger partial charge in [-0.1, -0.05) is 35.9 Å². The molecule has 0 saturated heterocycles. The second kappa shape index (κ2) is 5.27. The Bertz CT molecular complexity index is 748. The van der Waals surface area contributed by atoms with E-state index >= 15 is 0 Å². The second-order valence-corrected chi connectivity index (χ2v) is 5.18. The van der Waals surface area contributed by atoms with Gasteiger partial charge in [0.05, 0.1) is 5.69 Å². The quantitative estimate of drug-likeness (QED) is 0.695. The van der Waals surface area contributed by atoms with Crippen LogP contribution in [0.25, 0.3) is 17.1 Å². The number of aryl methyl sites for hydroxylation is 1. The van der Waals surface area contributed by atoms with Gasteiger partial charge in [0.15, 0.2) is 5.82 Å². The van der Waals surface area contributed by atoms with E-state index in [0.717, 1.165) is 16.8 Å². The summed E-state index contributed by atoms with van der Waals surface area (Å²) in [6, 6.07) is 15.2. The predicted molar refractivity (Wildman–Crippen MR) is 81.6 cm³/mol. The number of benzene rings is 2. The Morgan fingerprint density at radius 2 is 1.65 bits per heavy atom. The van der Waals surface area contributed by atoms with Crippen molar-refractivity contribution in [3.63, 3.8) is 0 Å². The minimum Gasteiger partial charge on any atom is -0.203 e. The molecule has 3 aromatic rings. The fraction of sp³-hybridized carbons (Fsp3) is 0.0667. The van der Waals surface area contributed by atoms with Crippen LogP contribution in [0.2, 0.25) is 10.3 Å². The van der Waals surface area contributed by atoms with E-state index in [1.807, 2.05) is 43.3 Å². The summed E-state index contributed by atoms with van der Waals surface area (Å²) in [5.41, 5.74) is 2.91. The minimum atomic E-state index is 0.325. The van der Waals surface area contributed by atoms with Crippen LogP contribution in [0.3, 0.4) is 0 Å². The average molecular weight is 304 g/mol. The van der Waals surface area contributed by atoms with Gasteiger partial charge in [0.1, 0.15) is 0 Å². The average Bonchev–Trinajstić information content (AvgIpc) is 2.82. The molecule has 5 heteroatoms. The highest BCUT2D eigenvalue weighted by Crippen LogP contribution is 2.24. The molecule has 20 heavy (non-hydrogen) atoms. The zero-order valence-corrected chi connectivity index (χ0v) is 12.2. The molecule has 0 aliphatic rings. The molecule has 3 nitrogen and oxygen atoms in total. The minimum absolute atomic E-state index is 0.325. The van der Waals surface area contributed by atoms with Gasteiger partial charge in [-0.15, -0.1) is 5.10 Å². The summed E-state index contributed by atoms with van der Waals surface area (Å²) in [5, 5.41) is 5.47. The van der Waals surface area contributed by atoms with Crippen LogP contribution in [0.5, 0.6) is 0 Å². The topological polar surface area (TPSA) is 30.7 Å². The van der Waals surface area contributed by atoms with Crippen LogP contribution < -0.4 is 0 Å². The van der Waals surface area contributed by atoms with Crippen molar-refractivity contribution in [1.82, 2.24) is 14.8 Å². The van der Waals surface area contributed by atoms with Crippen LogP contribution >= 0.6 is 23.2 Å². The first-order valence-electron chi connectivity index (χ1n) is 6.09. The molecule has 0 unspecified atom stereocenters. The third kappa shape index (κ3) is 2.42. The molecule has 100 valence electrons. The highest BCUT2D eigenvalue weighted by Gasteiger charge is 2.12. The van der Waals surface area contributed by atoms with Gasteiger partial charge >= 0.3 is 0 Å². The maximum Gasteiger partial charge on any atom is 0.226 e. The van der Waals surface area contributed by atoms with Crippen molar-refractivity contribution >= 4 is 23.2 Å². The van der Waals surface area contributed by atoms with Crippen molar-refractivity contribution in [3.8, 4) is 17.1 Å². The summed E-state index contributed by atoms with van der Waals surface area (Å²) in [6.45, 7) is 2.02. The number of hydrogen-bond donors (Lipinski definition) is 0. The van der Waals surface area contributed by atoms with Crippen LogP contribution in [0.1, 0.15) is 5.56 Å². The zero-order valence-electron chi connectivity index (χ0n) is 10.7. The molecular formula is C15H11Cl2N3. The lowest BCUT2D eigenvalue weighted by Crippen LogP contribution is -1.96. The Balaban J connectivity index is 2.08. The van der Waals surface area contributed by atoms with Gasteiger partial charge in [-0.2, -0.15) is 4.98 Å². The number of rotatable bonds is 2. The first-order valence-corrected chi connectivity index (χ1v) is 6.85. The van der Waals surface area contributed by atoms with Gasteiger partial charge in [-0.05, 0) is 48.4 Å². The maximum absolute atomic E-state index is 6.18. The summed E-state index contributed by atoms with van der Waals surface area (Å²) < 4.78 is 1.60. The van der Waals surface area contributed by atoms with Crippen LogP contribution in [-0.2, 0) is 0 Å². The van der Waals surface area contributed by atoms with Gasteiger partial charge in [-0.3, -0.25) is 0 Å². The van der Waals surface area contributed by atoms with Gasteiger partial charge in [-0.25, -0.2) is 4.68 Å². The number of nitrogens with zero attached hydrogens (tertiary/aromatic N) is 3. The largest absolute Gasteiger partial charge is 0.226 e. The van der Waals surface area contributed by atoms with Crippen LogP contribution in [0.15, 0.2) is 48.5 Å². The normalized spacial score (nSPS) is 10.8. The summed E-state index contributed by atoms with van der Waals surface area (Å²) in [7, 11) is 0. The Morgan fingerprint density at radius 3 is 2.35 bits per heavy atom. The van der Waals surface area contributed by atoms with Crippen molar-refractivity contribution in [2.45, 2.75) is 6.92 Å². The summed E-state index contributed by atoms with van der Waals surface area (Å²) in [6.07, 6.45) is 0. The Kier molecular flexibility index (Phi) is 3.47. The lowest BCUT2D eigenvalue weighted by Gasteiger charge is -2.02. The molecule has 0 saturated carbocycles. The lowest BCUT2D eigenvalue weighted by molar-refractivity contribution is 0.883. The molecule has 0 N–H and O–H groups in total. The zero-order chi connectivity index (χ0) is 14.1. The van der Waals surface area contributed by atoms with Crippen molar-refractivity contribution in [2.24, 2.45) is 0 Å². The highest BCUT2D eigenvalue weighted by molar-refractivity contribution is 6.30. The predicted octanol–water partition coefficient (Wildman–Crippen LogP) is 4.55. The molecule has 3 rings (SSSR count). The first-order chi connectivity index (χ1) is 9.65.